The summed E-state index contributed by atoms with van der Waals surface area (Å²) >= 11 is 0. The van der Waals surface area contributed by atoms with Crippen LogP contribution in [-0.4, -0.2) is 25.2 Å². The van der Waals surface area contributed by atoms with E-state index < -0.39 is 0 Å². The third-order valence-electron chi connectivity index (χ3n) is 2.68. The predicted octanol–water partition coefficient (Wildman–Crippen LogP) is 0.716. The number of carbonyl (C=O) groups excluding carboxylic acids is 1. The number of nitrogens with two attached hydrogens (primary N) is 1. The molecule has 2 rings (SSSR count). The van der Waals surface area contributed by atoms with E-state index in [0.717, 1.165) is 11.3 Å². The summed E-state index contributed by atoms with van der Waals surface area (Å²) in [7, 11) is 0. The van der Waals surface area contributed by atoms with Crippen LogP contribution in [0.4, 0.5) is 5.69 Å². The molecule has 0 bridgehead atoms. The Morgan fingerprint density at radius 2 is 2.19 bits per heavy atom. The van der Waals surface area contributed by atoms with Gasteiger partial charge in [-0.05, 0) is 18.1 Å². The molecule has 1 aliphatic rings. The van der Waals surface area contributed by atoms with Crippen LogP contribution in [0.3, 0.4) is 0 Å². The van der Waals surface area contributed by atoms with Gasteiger partial charge in [0.2, 0.25) is 5.91 Å². The third-order valence-corrected chi connectivity index (χ3v) is 2.68. The van der Waals surface area contributed by atoms with Gasteiger partial charge in [-0.3, -0.25) is 4.79 Å². The molecule has 0 atom stereocenters. The lowest BCUT2D eigenvalue weighted by Gasteiger charge is -2.26. The van der Waals surface area contributed by atoms with Gasteiger partial charge in [0.15, 0.2) is 0 Å². The molecule has 0 radical (unpaired) electrons. The van der Waals surface area contributed by atoms with E-state index in [2.05, 4.69) is 5.32 Å². The molecule has 16 heavy (non-hydrogen) atoms. The van der Waals surface area contributed by atoms with Crippen molar-refractivity contribution in [3.63, 3.8) is 0 Å². The van der Waals surface area contributed by atoms with Crippen molar-refractivity contribution in [2.24, 2.45) is 0 Å². The average Bonchev–Trinajstić information content (AvgIpc) is 2.22. The Morgan fingerprint density at radius 3 is 2.81 bits per heavy atom. The Kier molecular flexibility index (Phi) is 3.41. The van der Waals surface area contributed by atoms with Crippen molar-refractivity contribution in [1.29, 1.82) is 0 Å². The number of ether oxygens (including phenoxy) is 1. The summed E-state index contributed by atoms with van der Waals surface area (Å²) in [5.41, 5.74) is 7.58. The van der Waals surface area contributed by atoms with Gasteiger partial charge in [0.1, 0.15) is 0 Å². The van der Waals surface area contributed by atoms with Gasteiger partial charge >= 0.3 is 0 Å². The lowest BCUT2D eigenvalue weighted by molar-refractivity contribution is -0.125. The van der Waals surface area contributed by atoms with Gasteiger partial charge < -0.3 is 15.8 Å². The molecule has 86 valence electrons. The van der Waals surface area contributed by atoms with E-state index in [9.17, 15) is 4.79 Å². The Bertz CT molecular complexity index is 375. The molecule has 0 aromatic heterocycles. The molecule has 0 saturated carbocycles. The maximum Gasteiger partial charge on any atom is 0.220 e. The minimum Gasteiger partial charge on any atom is -0.399 e. The number of amides is 1. The zero-order valence-corrected chi connectivity index (χ0v) is 9.11. The molecule has 1 amide bonds. The van der Waals surface area contributed by atoms with Gasteiger partial charge in [-0.25, -0.2) is 0 Å². The Labute approximate surface area is 94.8 Å². The smallest absolute Gasteiger partial charge is 0.220 e. The summed E-state index contributed by atoms with van der Waals surface area (Å²) in [6, 6.07) is 7.84. The SMILES string of the molecule is Nc1ccccc1CCC(=O)NC1COC1. The summed E-state index contributed by atoms with van der Waals surface area (Å²) in [6.45, 7) is 1.28. The van der Waals surface area contributed by atoms with Gasteiger partial charge in [-0.1, -0.05) is 18.2 Å². The number of carbonyl (C=O) groups is 1. The summed E-state index contributed by atoms with van der Waals surface area (Å²) in [4.78, 5) is 11.5. The van der Waals surface area contributed by atoms with Crippen LogP contribution in [0.2, 0.25) is 0 Å². The second-order valence-electron chi connectivity index (χ2n) is 4.00. The molecule has 0 aliphatic carbocycles. The summed E-state index contributed by atoms with van der Waals surface area (Å²) in [5, 5.41) is 2.90. The molecule has 0 unspecified atom stereocenters. The molecule has 4 heteroatoms. The van der Waals surface area contributed by atoms with Crippen LogP contribution in [-0.2, 0) is 16.0 Å². The molecule has 1 heterocycles. The third kappa shape index (κ3) is 2.73. The highest BCUT2D eigenvalue weighted by molar-refractivity contribution is 5.76. The standard InChI is InChI=1S/C12H16N2O2/c13-11-4-2-1-3-9(11)5-6-12(15)14-10-7-16-8-10/h1-4,10H,5-8,13H2,(H,14,15). The van der Waals surface area contributed by atoms with Gasteiger partial charge in [0.25, 0.3) is 0 Å². The Balaban J connectivity index is 1.78. The largest absolute Gasteiger partial charge is 0.399 e. The molecule has 1 aliphatic heterocycles. The monoisotopic (exact) mass is 220 g/mol. The molecule has 1 aromatic carbocycles. The number of benzene rings is 1. The number of para-hydroxylation sites is 1. The van der Waals surface area contributed by atoms with Crippen molar-refractivity contribution in [3.05, 3.63) is 29.8 Å². The number of aryl methyl sites for hydroxylation is 1. The van der Waals surface area contributed by atoms with Crippen LogP contribution in [0.25, 0.3) is 0 Å². The minimum absolute atomic E-state index is 0.0663. The van der Waals surface area contributed by atoms with Gasteiger partial charge in [0, 0.05) is 12.1 Å². The van der Waals surface area contributed by atoms with E-state index in [0.29, 0.717) is 26.1 Å². The Hall–Kier alpha value is -1.55. The average molecular weight is 220 g/mol. The second kappa shape index (κ2) is 4.99. The summed E-state index contributed by atoms with van der Waals surface area (Å²) in [5.74, 6) is 0.0663. The second-order valence-corrected chi connectivity index (χ2v) is 4.00. The maximum atomic E-state index is 11.5. The normalized spacial score (nSPS) is 15.5. The highest BCUT2D eigenvalue weighted by Gasteiger charge is 2.19. The molecule has 0 spiro atoms. The fourth-order valence-electron chi connectivity index (χ4n) is 1.63. The zero-order valence-electron chi connectivity index (χ0n) is 9.11. The van der Waals surface area contributed by atoms with Gasteiger partial charge in [-0.15, -0.1) is 0 Å². The van der Waals surface area contributed by atoms with E-state index in [1.807, 2.05) is 24.3 Å². The number of nitrogen functional groups attached to an aromatic ring is 1. The topological polar surface area (TPSA) is 64.4 Å². The predicted molar refractivity (Wildman–Crippen MR) is 61.9 cm³/mol. The highest BCUT2D eigenvalue weighted by atomic mass is 16.5. The van der Waals surface area contributed by atoms with E-state index in [4.69, 9.17) is 10.5 Å². The molecule has 3 N–H and O–H groups in total. The van der Waals surface area contributed by atoms with Crippen LogP contribution < -0.4 is 11.1 Å². The molecular formula is C12H16N2O2. The van der Waals surface area contributed by atoms with Gasteiger partial charge in [-0.2, -0.15) is 0 Å². The number of nitrogens with one attached hydrogen (secondary N) is 1. The van der Waals surface area contributed by atoms with E-state index in [1.54, 1.807) is 0 Å². The lowest BCUT2D eigenvalue weighted by Crippen LogP contribution is -2.48. The van der Waals surface area contributed by atoms with Gasteiger partial charge in [0.05, 0.1) is 19.3 Å². The first kappa shape index (κ1) is 11.0. The fraction of sp³-hybridized carbons (Fsp3) is 0.417. The first-order valence-corrected chi connectivity index (χ1v) is 5.46. The van der Waals surface area contributed by atoms with Crippen LogP contribution in [0, 0.1) is 0 Å². The first-order chi connectivity index (χ1) is 7.75. The molecule has 1 aromatic rings. The van der Waals surface area contributed by atoms with E-state index in [-0.39, 0.29) is 11.9 Å². The quantitative estimate of drug-likeness (QED) is 0.735. The van der Waals surface area contributed by atoms with Crippen LogP contribution >= 0.6 is 0 Å². The van der Waals surface area contributed by atoms with Crippen LogP contribution in [0.1, 0.15) is 12.0 Å². The Morgan fingerprint density at radius 1 is 1.44 bits per heavy atom. The number of hydrogen-bond acceptors (Lipinski definition) is 3. The molecule has 4 nitrogen and oxygen atoms in total. The van der Waals surface area contributed by atoms with Crippen LogP contribution in [0.15, 0.2) is 24.3 Å². The van der Waals surface area contributed by atoms with Crippen molar-refractivity contribution >= 4 is 11.6 Å². The molecular weight excluding hydrogens is 204 g/mol. The van der Waals surface area contributed by atoms with Crippen molar-refractivity contribution in [3.8, 4) is 0 Å². The number of rotatable bonds is 4. The number of anilines is 1. The van der Waals surface area contributed by atoms with Crippen LogP contribution in [0.5, 0.6) is 0 Å². The minimum atomic E-state index is 0.0663. The fourth-order valence-corrected chi connectivity index (χ4v) is 1.63. The van der Waals surface area contributed by atoms with Crippen molar-refractivity contribution in [1.82, 2.24) is 5.32 Å². The molecule has 1 saturated heterocycles. The maximum absolute atomic E-state index is 11.5. The van der Waals surface area contributed by atoms with Crippen molar-refractivity contribution in [2.45, 2.75) is 18.9 Å². The first-order valence-electron chi connectivity index (χ1n) is 5.46. The summed E-state index contributed by atoms with van der Waals surface area (Å²) in [6.07, 6.45) is 1.16. The highest BCUT2D eigenvalue weighted by Crippen LogP contribution is 2.12. The molecule has 1 fully saturated rings. The summed E-state index contributed by atoms with van der Waals surface area (Å²) < 4.78 is 4.98. The number of hydrogen-bond donors (Lipinski definition) is 2. The van der Waals surface area contributed by atoms with E-state index >= 15 is 0 Å². The van der Waals surface area contributed by atoms with Crippen molar-refractivity contribution < 1.29 is 9.53 Å². The van der Waals surface area contributed by atoms with Crippen molar-refractivity contribution in [2.75, 3.05) is 18.9 Å². The van der Waals surface area contributed by atoms with E-state index in [1.165, 1.54) is 0 Å². The zero-order chi connectivity index (χ0) is 11.4. The lowest BCUT2D eigenvalue weighted by atomic mass is 10.1.